The Bertz CT molecular complexity index is 775. The van der Waals surface area contributed by atoms with Gasteiger partial charge in [-0.25, -0.2) is 0 Å². The van der Waals surface area contributed by atoms with E-state index in [1.165, 1.54) is 28.1 Å². The molecule has 6 heteroatoms. The molecule has 2 aromatic rings. The molecule has 0 saturated heterocycles. The van der Waals surface area contributed by atoms with E-state index in [2.05, 4.69) is 41.6 Å². The quantitative estimate of drug-likeness (QED) is 0.553. The Labute approximate surface area is 145 Å². The Balaban J connectivity index is 1.63. The summed E-state index contributed by atoms with van der Waals surface area (Å²) in [6.45, 7) is 1.83. The molecule has 2 aromatic carbocycles. The summed E-state index contributed by atoms with van der Waals surface area (Å²) in [4.78, 5) is 15.9. The molecule has 0 aliphatic carbocycles. The predicted octanol–water partition coefficient (Wildman–Crippen LogP) is 6.74. The van der Waals surface area contributed by atoms with E-state index < -0.39 is 0 Å². The highest BCUT2D eigenvalue weighted by molar-refractivity contribution is 8.30. The van der Waals surface area contributed by atoms with E-state index in [1.807, 2.05) is 48.3 Å². The molecule has 4 rings (SSSR count). The van der Waals surface area contributed by atoms with Gasteiger partial charge in [0.25, 0.3) is 0 Å². The van der Waals surface area contributed by atoms with Crippen molar-refractivity contribution < 1.29 is 0 Å². The van der Waals surface area contributed by atoms with Crippen molar-refractivity contribution in [3.8, 4) is 0 Å². The van der Waals surface area contributed by atoms with Gasteiger partial charge < -0.3 is 0 Å². The van der Waals surface area contributed by atoms with E-state index in [-0.39, 0.29) is 6.04 Å². The molecule has 0 aromatic heterocycles. The standard InChI is InChI=1S/C16H11NOS4/c1-9(17-18)10-6-7-13-14(8-10)22-16(21-13)15-19-11-4-2-3-5-12(11)20-15/h2-9H,1H3. The van der Waals surface area contributed by atoms with Crippen LogP contribution in [0.1, 0.15) is 18.5 Å². The molecule has 1 atom stereocenters. The smallest absolute Gasteiger partial charge is 0.114 e. The number of thioether (sulfide) groups is 4. The molecule has 0 amide bonds. The summed E-state index contributed by atoms with van der Waals surface area (Å²) in [5, 5.41) is 3.12. The second-order valence-electron chi connectivity index (χ2n) is 4.92. The SMILES string of the molecule is CC(N=O)c1ccc2c(c1)SC(=C1Sc3ccccc3S1)S2. The summed E-state index contributed by atoms with van der Waals surface area (Å²) in [5.74, 6) is 0. The van der Waals surface area contributed by atoms with Crippen LogP contribution < -0.4 is 0 Å². The monoisotopic (exact) mass is 361 g/mol. The Morgan fingerprint density at radius 2 is 1.36 bits per heavy atom. The average molecular weight is 362 g/mol. The van der Waals surface area contributed by atoms with E-state index in [1.54, 1.807) is 11.8 Å². The van der Waals surface area contributed by atoms with Crippen LogP contribution in [-0.4, -0.2) is 0 Å². The summed E-state index contributed by atoms with van der Waals surface area (Å²) >= 11 is 7.33. The van der Waals surface area contributed by atoms with Crippen LogP contribution in [0.5, 0.6) is 0 Å². The van der Waals surface area contributed by atoms with Crippen LogP contribution in [-0.2, 0) is 0 Å². The molecule has 0 fully saturated rings. The Morgan fingerprint density at radius 1 is 0.818 bits per heavy atom. The minimum absolute atomic E-state index is 0.285. The molecule has 22 heavy (non-hydrogen) atoms. The largest absolute Gasteiger partial charge is 0.150 e. The maximum absolute atomic E-state index is 10.7. The van der Waals surface area contributed by atoms with Gasteiger partial charge in [0.15, 0.2) is 0 Å². The van der Waals surface area contributed by atoms with Crippen molar-refractivity contribution in [2.75, 3.05) is 0 Å². The van der Waals surface area contributed by atoms with Gasteiger partial charge >= 0.3 is 0 Å². The van der Waals surface area contributed by atoms with Crippen LogP contribution in [0.15, 0.2) is 75.7 Å². The lowest BCUT2D eigenvalue weighted by molar-refractivity contribution is 0.805. The van der Waals surface area contributed by atoms with Gasteiger partial charge in [0.1, 0.15) is 6.04 Å². The lowest BCUT2D eigenvalue weighted by Crippen LogP contribution is -1.88. The molecular weight excluding hydrogens is 350 g/mol. The van der Waals surface area contributed by atoms with E-state index >= 15 is 0 Å². The van der Waals surface area contributed by atoms with Gasteiger partial charge in [-0.1, -0.05) is 70.4 Å². The predicted molar refractivity (Wildman–Crippen MR) is 97.5 cm³/mol. The van der Waals surface area contributed by atoms with Crippen molar-refractivity contribution in [2.24, 2.45) is 5.18 Å². The highest BCUT2D eigenvalue weighted by Crippen LogP contribution is 2.61. The van der Waals surface area contributed by atoms with Crippen molar-refractivity contribution in [3.05, 3.63) is 61.4 Å². The zero-order valence-electron chi connectivity index (χ0n) is 11.6. The molecule has 0 N–H and O–H groups in total. The normalized spacial score (nSPS) is 17.3. The van der Waals surface area contributed by atoms with Gasteiger partial charge in [-0.3, -0.25) is 0 Å². The second-order valence-corrected chi connectivity index (χ2v) is 9.64. The van der Waals surface area contributed by atoms with E-state index in [9.17, 15) is 4.91 Å². The van der Waals surface area contributed by atoms with Crippen molar-refractivity contribution in [1.82, 2.24) is 0 Å². The molecule has 2 aliphatic rings. The average Bonchev–Trinajstić information content (AvgIpc) is 3.16. The molecule has 2 aliphatic heterocycles. The molecule has 0 bridgehead atoms. The summed E-state index contributed by atoms with van der Waals surface area (Å²) in [5.41, 5.74) is 0.989. The molecule has 2 nitrogen and oxygen atoms in total. The van der Waals surface area contributed by atoms with E-state index in [0.29, 0.717) is 0 Å². The van der Waals surface area contributed by atoms with Gasteiger partial charge in [0.2, 0.25) is 0 Å². The minimum atomic E-state index is -0.285. The van der Waals surface area contributed by atoms with Crippen molar-refractivity contribution in [2.45, 2.75) is 32.5 Å². The summed E-state index contributed by atoms with van der Waals surface area (Å²) in [6, 6.07) is 14.5. The van der Waals surface area contributed by atoms with Crippen LogP contribution in [0.4, 0.5) is 0 Å². The number of nitrogens with zero attached hydrogens (tertiary/aromatic N) is 1. The summed E-state index contributed by atoms with van der Waals surface area (Å²) in [7, 11) is 0. The highest BCUT2D eigenvalue weighted by Gasteiger charge is 2.27. The lowest BCUT2D eigenvalue weighted by atomic mass is 10.1. The molecule has 0 radical (unpaired) electrons. The molecule has 0 saturated carbocycles. The van der Waals surface area contributed by atoms with Gasteiger partial charge in [-0.15, -0.1) is 0 Å². The fourth-order valence-electron chi connectivity index (χ4n) is 2.24. The van der Waals surface area contributed by atoms with Gasteiger partial charge in [0.05, 0.1) is 8.47 Å². The second kappa shape index (κ2) is 6.00. The maximum Gasteiger partial charge on any atom is 0.114 e. The lowest BCUT2D eigenvalue weighted by Gasteiger charge is -2.04. The zero-order chi connectivity index (χ0) is 15.1. The third-order valence-electron chi connectivity index (χ3n) is 3.43. The Hall–Kier alpha value is -0.820. The number of hydrogen-bond donors (Lipinski definition) is 0. The first-order valence-corrected chi connectivity index (χ1v) is 10.0. The first kappa shape index (κ1) is 14.8. The number of rotatable bonds is 2. The van der Waals surface area contributed by atoms with Gasteiger partial charge in [0, 0.05) is 19.6 Å². The van der Waals surface area contributed by atoms with Crippen LogP contribution in [0, 0.1) is 4.91 Å². The summed E-state index contributed by atoms with van der Waals surface area (Å²) in [6.07, 6.45) is 0. The first-order valence-electron chi connectivity index (χ1n) is 6.76. The fraction of sp³-hybridized carbons (Fsp3) is 0.125. The van der Waals surface area contributed by atoms with Crippen molar-refractivity contribution in [3.63, 3.8) is 0 Å². The number of fused-ring (bicyclic) bond motifs is 2. The minimum Gasteiger partial charge on any atom is -0.150 e. The van der Waals surface area contributed by atoms with Gasteiger partial charge in [-0.05, 0) is 36.8 Å². The van der Waals surface area contributed by atoms with Crippen molar-refractivity contribution >= 4 is 47.0 Å². The van der Waals surface area contributed by atoms with Crippen LogP contribution in [0.3, 0.4) is 0 Å². The Morgan fingerprint density at radius 3 is 1.95 bits per heavy atom. The third kappa shape index (κ3) is 2.62. The maximum atomic E-state index is 10.7. The van der Waals surface area contributed by atoms with Crippen LogP contribution >= 0.6 is 47.0 Å². The summed E-state index contributed by atoms with van der Waals surface area (Å²) < 4.78 is 2.69. The molecular formula is C16H11NOS4. The molecule has 110 valence electrons. The first-order chi connectivity index (χ1) is 10.7. The third-order valence-corrected chi connectivity index (χ3v) is 9.05. The van der Waals surface area contributed by atoms with Gasteiger partial charge in [-0.2, -0.15) is 4.91 Å². The Kier molecular flexibility index (Phi) is 4.02. The van der Waals surface area contributed by atoms with E-state index in [4.69, 9.17) is 0 Å². The number of benzene rings is 2. The zero-order valence-corrected chi connectivity index (χ0v) is 14.9. The molecule has 0 spiro atoms. The molecule has 2 heterocycles. The highest BCUT2D eigenvalue weighted by atomic mass is 32.2. The van der Waals surface area contributed by atoms with Crippen LogP contribution in [0.25, 0.3) is 0 Å². The number of nitroso groups, excluding NO2 is 1. The fourth-order valence-corrected chi connectivity index (χ4v) is 7.57. The van der Waals surface area contributed by atoms with Crippen molar-refractivity contribution in [1.29, 1.82) is 0 Å². The van der Waals surface area contributed by atoms with E-state index in [0.717, 1.165) is 5.56 Å². The molecule has 1 unspecified atom stereocenters. The number of hydrogen-bond acceptors (Lipinski definition) is 6. The topological polar surface area (TPSA) is 29.4 Å². The van der Waals surface area contributed by atoms with Crippen LogP contribution in [0.2, 0.25) is 0 Å².